The Morgan fingerprint density at radius 2 is 1.86 bits per heavy atom. The third-order valence-electron chi connectivity index (χ3n) is 3.88. The largest absolute Gasteiger partial charge is 0.481 e. The molecule has 0 saturated carbocycles. The van der Waals surface area contributed by atoms with Crippen molar-refractivity contribution in [2.75, 3.05) is 7.11 Å². The summed E-state index contributed by atoms with van der Waals surface area (Å²) in [6, 6.07) is 12.5. The van der Waals surface area contributed by atoms with Crippen LogP contribution in [0.1, 0.15) is 31.5 Å². The van der Waals surface area contributed by atoms with Crippen LogP contribution in [0.15, 0.2) is 81.0 Å². The number of thioether (sulfide) groups is 1. The average Bonchev–Trinajstić information content (AvgIpc) is 2.68. The fraction of sp³-hybridized carbons (Fsp3) is 0.273. The van der Waals surface area contributed by atoms with Crippen molar-refractivity contribution < 1.29 is 17.9 Å². The van der Waals surface area contributed by atoms with E-state index in [-0.39, 0.29) is 4.91 Å². The van der Waals surface area contributed by atoms with Crippen LogP contribution in [0.5, 0.6) is 0 Å². The van der Waals surface area contributed by atoms with Crippen molar-refractivity contribution in [1.29, 1.82) is 0 Å². The molecule has 0 fully saturated rings. The molecule has 154 valence electrons. The van der Waals surface area contributed by atoms with Crippen LogP contribution in [0, 0.1) is 6.92 Å². The molecule has 29 heavy (non-hydrogen) atoms. The van der Waals surface area contributed by atoms with Crippen molar-refractivity contribution in [2.24, 2.45) is 4.99 Å². The Hall–Kier alpha value is -2.54. The molecule has 3 nitrogen and oxygen atoms in total. The van der Waals surface area contributed by atoms with Gasteiger partial charge in [-0.05, 0) is 44.5 Å². The molecule has 0 bridgehead atoms. The number of hydrogen-bond donors (Lipinski definition) is 0. The summed E-state index contributed by atoms with van der Waals surface area (Å²) < 4.78 is 47.3. The number of alkyl halides is 3. The van der Waals surface area contributed by atoms with Crippen LogP contribution in [0.4, 0.5) is 13.2 Å². The van der Waals surface area contributed by atoms with Gasteiger partial charge in [-0.3, -0.25) is 4.98 Å². The van der Waals surface area contributed by atoms with Crippen LogP contribution in [-0.4, -0.2) is 24.0 Å². The van der Waals surface area contributed by atoms with Crippen LogP contribution in [0.2, 0.25) is 0 Å². The molecule has 0 atom stereocenters. The molecule has 0 aliphatic carbocycles. The van der Waals surface area contributed by atoms with Gasteiger partial charge in [0.25, 0.3) is 0 Å². The Morgan fingerprint density at radius 3 is 2.38 bits per heavy atom. The van der Waals surface area contributed by atoms with Gasteiger partial charge in [-0.15, -0.1) is 0 Å². The van der Waals surface area contributed by atoms with E-state index in [2.05, 4.69) is 9.98 Å². The molecule has 0 aliphatic rings. The van der Waals surface area contributed by atoms with E-state index >= 15 is 0 Å². The molecule has 0 aliphatic heterocycles. The molecule has 2 rings (SSSR count). The summed E-state index contributed by atoms with van der Waals surface area (Å²) in [5.41, 5.74) is 0.953. The number of nitrogens with zero attached hydrogens (tertiary/aromatic N) is 2. The van der Waals surface area contributed by atoms with Crippen molar-refractivity contribution in [3.8, 4) is 0 Å². The van der Waals surface area contributed by atoms with Gasteiger partial charge in [0.15, 0.2) is 0 Å². The SMILES string of the molecule is CC/C=C(Sc1ccc(C)cc1)/C(=C(\N=C(/C)c1ccccn1)OC)C(F)(F)F. The molecule has 0 spiro atoms. The van der Waals surface area contributed by atoms with Crippen LogP contribution < -0.4 is 0 Å². The fourth-order valence-corrected chi connectivity index (χ4v) is 3.55. The van der Waals surface area contributed by atoms with Gasteiger partial charge >= 0.3 is 6.18 Å². The maximum atomic E-state index is 14.1. The summed E-state index contributed by atoms with van der Waals surface area (Å²) in [5, 5.41) is 0. The highest BCUT2D eigenvalue weighted by Crippen LogP contribution is 2.42. The smallest absolute Gasteiger partial charge is 0.422 e. The predicted octanol–water partition coefficient (Wildman–Crippen LogP) is 6.71. The third-order valence-corrected chi connectivity index (χ3v) is 4.98. The number of pyridine rings is 1. The predicted molar refractivity (Wildman–Crippen MR) is 112 cm³/mol. The number of aliphatic imine (C=N–C) groups is 1. The Balaban J connectivity index is 2.57. The number of aromatic nitrogens is 1. The molecule has 7 heteroatoms. The monoisotopic (exact) mass is 420 g/mol. The van der Waals surface area contributed by atoms with E-state index in [0.717, 1.165) is 17.3 Å². The Kier molecular flexibility index (Phi) is 8.08. The summed E-state index contributed by atoms with van der Waals surface area (Å²) in [5.74, 6) is -0.486. The molecular weight excluding hydrogens is 397 g/mol. The molecule has 0 saturated heterocycles. The first kappa shape index (κ1) is 22.7. The van der Waals surface area contributed by atoms with Gasteiger partial charge in [0, 0.05) is 16.0 Å². The molecule has 1 aromatic carbocycles. The first-order chi connectivity index (χ1) is 13.8. The summed E-state index contributed by atoms with van der Waals surface area (Å²) in [6.45, 7) is 5.32. The zero-order valence-electron chi connectivity index (χ0n) is 16.7. The highest BCUT2D eigenvalue weighted by Gasteiger charge is 2.40. The van der Waals surface area contributed by atoms with Crippen molar-refractivity contribution in [2.45, 2.75) is 38.3 Å². The minimum atomic E-state index is -4.64. The maximum absolute atomic E-state index is 14.1. The number of methoxy groups -OCH3 is 1. The second-order valence-electron chi connectivity index (χ2n) is 6.19. The second-order valence-corrected chi connectivity index (χ2v) is 7.30. The number of benzene rings is 1. The van der Waals surface area contributed by atoms with E-state index in [1.807, 2.05) is 19.1 Å². The van der Waals surface area contributed by atoms with Gasteiger partial charge < -0.3 is 4.74 Å². The van der Waals surface area contributed by atoms with Gasteiger partial charge in [-0.25, -0.2) is 4.99 Å². The lowest BCUT2D eigenvalue weighted by atomic mass is 10.2. The first-order valence-electron chi connectivity index (χ1n) is 9.03. The summed E-state index contributed by atoms with van der Waals surface area (Å²) in [7, 11) is 1.19. The summed E-state index contributed by atoms with van der Waals surface area (Å²) in [4.78, 5) is 9.02. The zero-order chi connectivity index (χ0) is 21.4. The lowest BCUT2D eigenvalue weighted by molar-refractivity contribution is -0.0917. The number of aryl methyl sites for hydroxylation is 1. The number of hydrogen-bond acceptors (Lipinski definition) is 4. The van der Waals surface area contributed by atoms with Gasteiger partial charge in [0.05, 0.1) is 18.5 Å². The standard InChI is InChI=1S/C22H23F3N2OS/c1-5-8-19(29-17-12-10-15(2)11-13-17)20(22(23,24)25)21(28-4)27-16(3)18-9-6-7-14-26-18/h6-14H,5H2,1-4H3/b19-8-,21-20-,27-16+. The summed E-state index contributed by atoms with van der Waals surface area (Å²) >= 11 is 1.04. The van der Waals surface area contributed by atoms with E-state index in [0.29, 0.717) is 22.7 Å². The molecule has 1 heterocycles. The molecule has 2 aromatic rings. The molecule has 0 radical (unpaired) electrons. The number of allylic oxidation sites excluding steroid dienone is 2. The van der Waals surface area contributed by atoms with Crippen molar-refractivity contribution in [3.05, 3.63) is 82.4 Å². The highest BCUT2D eigenvalue weighted by atomic mass is 32.2. The van der Waals surface area contributed by atoms with Crippen molar-refractivity contribution in [3.63, 3.8) is 0 Å². The van der Waals surface area contributed by atoms with E-state index in [1.54, 1.807) is 50.4 Å². The lowest BCUT2D eigenvalue weighted by Gasteiger charge is -2.18. The number of halogens is 3. The van der Waals surface area contributed by atoms with Crippen LogP contribution in [-0.2, 0) is 4.74 Å². The Bertz CT molecular complexity index is 902. The molecule has 0 amide bonds. The van der Waals surface area contributed by atoms with Crippen LogP contribution in [0.3, 0.4) is 0 Å². The lowest BCUT2D eigenvalue weighted by Crippen LogP contribution is -2.17. The van der Waals surface area contributed by atoms with Crippen molar-refractivity contribution >= 4 is 17.5 Å². The minimum absolute atomic E-state index is 0.0540. The van der Waals surface area contributed by atoms with Gasteiger partial charge in [0.1, 0.15) is 5.57 Å². The topological polar surface area (TPSA) is 34.5 Å². The van der Waals surface area contributed by atoms with Crippen LogP contribution in [0.25, 0.3) is 0 Å². The molecule has 0 unspecified atom stereocenters. The quantitative estimate of drug-likeness (QED) is 0.216. The van der Waals surface area contributed by atoms with E-state index in [4.69, 9.17) is 4.74 Å². The fourth-order valence-electron chi connectivity index (χ4n) is 2.47. The summed E-state index contributed by atoms with van der Waals surface area (Å²) in [6.07, 6.45) is -1.10. The normalized spacial score (nSPS) is 13.9. The molecule has 0 N–H and O–H groups in total. The van der Waals surface area contributed by atoms with Crippen molar-refractivity contribution in [1.82, 2.24) is 4.98 Å². The Labute approximate surface area is 173 Å². The second kappa shape index (κ2) is 10.3. The highest BCUT2D eigenvalue weighted by molar-refractivity contribution is 8.03. The molecule has 1 aromatic heterocycles. The zero-order valence-corrected chi connectivity index (χ0v) is 17.6. The van der Waals surface area contributed by atoms with E-state index in [9.17, 15) is 13.2 Å². The van der Waals surface area contributed by atoms with Gasteiger partial charge in [0.2, 0.25) is 5.88 Å². The van der Waals surface area contributed by atoms with Gasteiger partial charge in [-0.2, -0.15) is 13.2 Å². The Morgan fingerprint density at radius 1 is 1.17 bits per heavy atom. The van der Waals surface area contributed by atoms with Crippen LogP contribution >= 0.6 is 11.8 Å². The third kappa shape index (κ3) is 6.49. The molecular formula is C22H23F3N2OS. The maximum Gasteiger partial charge on any atom is 0.422 e. The van der Waals surface area contributed by atoms with E-state index in [1.165, 1.54) is 13.2 Å². The number of rotatable bonds is 7. The average molecular weight is 420 g/mol. The minimum Gasteiger partial charge on any atom is -0.481 e. The first-order valence-corrected chi connectivity index (χ1v) is 9.85. The van der Waals surface area contributed by atoms with Gasteiger partial charge in [-0.1, -0.05) is 48.5 Å². The van der Waals surface area contributed by atoms with E-state index < -0.39 is 17.6 Å². The number of ether oxygens (including phenoxy) is 1.